The minimum absolute atomic E-state index is 0.0622. The van der Waals surface area contributed by atoms with Crippen LogP contribution in [0.15, 0.2) is 16.5 Å². The highest BCUT2D eigenvalue weighted by Gasteiger charge is 2.30. The molecule has 5 heteroatoms. The first-order chi connectivity index (χ1) is 9.90. The Hall–Kier alpha value is -1.33. The highest BCUT2D eigenvalue weighted by atomic mass is 16.4. The van der Waals surface area contributed by atoms with Gasteiger partial charge < -0.3 is 19.7 Å². The number of rotatable bonds is 4. The number of piperidine rings is 1. The first-order valence-electron chi connectivity index (χ1n) is 7.61. The molecule has 1 aliphatic heterocycles. The van der Waals surface area contributed by atoms with Gasteiger partial charge in [0.05, 0.1) is 6.54 Å². The molecule has 5 nitrogen and oxygen atoms in total. The van der Waals surface area contributed by atoms with Crippen LogP contribution in [-0.2, 0) is 17.9 Å². The summed E-state index contributed by atoms with van der Waals surface area (Å²) in [6.07, 6.45) is 1.94. The third kappa shape index (κ3) is 4.32. The van der Waals surface area contributed by atoms with Crippen molar-refractivity contribution in [2.24, 2.45) is 5.41 Å². The third-order valence-electron chi connectivity index (χ3n) is 3.86. The molecule has 1 fully saturated rings. The summed E-state index contributed by atoms with van der Waals surface area (Å²) in [6, 6.07) is 4.09. The molecule has 1 aromatic rings. The molecule has 2 heterocycles. The number of aliphatic hydroxyl groups excluding tert-OH is 1. The van der Waals surface area contributed by atoms with Gasteiger partial charge in [-0.25, -0.2) is 0 Å². The largest absolute Gasteiger partial charge is 0.462 e. The number of amides is 1. The van der Waals surface area contributed by atoms with Crippen LogP contribution in [0.4, 0.5) is 0 Å². The minimum Gasteiger partial charge on any atom is -0.462 e. The Morgan fingerprint density at radius 2 is 1.95 bits per heavy atom. The Bertz CT molecular complexity index is 468. The molecule has 0 aromatic carbocycles. The molecule has 1 aromatic heterocycles. The number of aliphatic hydroxyl groups is 1. The summed E-state index contributed by atoms with van der Waals surface area (Å²) in [5.74, 6) is 1.67. The van der Waals surface area contributed by atoms with Crippen molar-refractivity contribution in [2.45, 2.75) is 52.8 Å². The van der Waals surface area contributed by atoms with Crippen LogP contribution in [0.3, 0.4) is 0 Å². The summed E-state index contributed by atoms with van der Waals surface area (Å²) < 4.78 is 5.45. The van der Waals surface area contributed by atoms with Gasteiger partial charge in [-0.05, 0) is 25.0 Å². The molecule has 0 bridgehead atoms. The van der Waals surface area contributed by atoms with Crippen molar-refractivity contribution in [3.05, 3.63) is 23.7 Å². The average molecular weight is 294 g/mol. The van der Waals surface area contributed by atoms with E-state index in [9.17, 15) is 4.79 Å². The standard InChI is InChI=1S/C16H26N2O3/c1-16(2,3)15(20)18-8-6-12(7-9-18)17-10-13-4-5-14(11-19)21-13/h4-5,12,17,19H,6-11H2,1-3H3. The fourth-order valence-electron chi connectivity index (χ4n) is 2.61. The Morgan fingerprint density at radius 1 is 1.33 bits per heavy atom. The van der Waals surface area contributed by atoms with Crippen LogP contribution in [0.2, 0.25) is 0 Å². The van der Waals surface area contributed by atoms with E-state index in [-0.39, 0.29) is 17.9 Å². The quantitative estimate of drug-likeness (QED) is 0.890. The fourth-order valence-corrected chi connectivity index (χ4v) is 2.61. The molecule has 21 heavy (non-hydrogen) atoms. The molecule has 1 amide bonds. The number of hydrogen-bond donors (Lipinski definition) is 2. The zero-order valence-electron chi connectivity index (χ0n) is 13.2. The van der Waals surface area contributed by atoms with Gasteiger partial charge in [0.2, 0.25) is 5.91 Å². The third-order valence-corrected chi connectivity index (χ3v) is 3.86. The smallest absolute Gasteiger partial charge is 0.227 e. The zero-order chi connectivity index (χ0) is 15.5. The fraction of sp³-hybridized carbons (Fsp3) is 0.688. The number of furan rings is 1. The van der Waals surface area contributed by atoms with Gasteiger partial charge in [-0.1, -0.05) is 20.8 Å². The van der Waals surface area contributed by atoms with Crippen LogP contribution in [0.1, 0.15) is 45.1 Å². The summed E-state index contributed by atoms with van der Waals surface area (Å²) in [7, 11) is 0. The molecule has 0 saturated carbocycles. The highest BCUT2D eigenvalue weighted by molar-refractivity contribution is 5.81. The molecule has 2 rings (SSSR count). The van der Waals surface area contributed by atoms with Crippen LogP contribution in [0.25, 0.3) is 0 Å². The summed E-state index contributed by atoms with van der Waals surface area (Å²) in [4.78, 5) is 14.2. The van der Waals surface area contributed by atoms with E-state index in [1.807, 2.05) is 31.7 Å². The van der Waals surface area contributed by atoms with E-state index in [0.717, 1.165) is 31.7 Å². The van der Waals surface area contributed by atoms with Crippen LogP contribution in [-0.4, -0.2) is 35.0 Å². The van der Waals surface area contributed by atoms with Crippen molar-refractivity contribution in [2.75, 3.05) is 13.1 Å². The van der Waals surface area contributed by atoms with Crippen molar-refractivity contribution in [1.82, 2.24) is 10.2 Å². The molecule has 0 aliphatic carbocycles. The van der Waals surface area contributed by atoms with Crippen LogP contribution in [0, 0.1) is 5.41 Å². The average Bonchev–Trinajstić information content (AvgIpc) is 2.92. The first kappa shape index (κ1) is 16.0. The lowest BCUT2D eigenvalue weighted by Crippen LogP contribution is -2.48. The molecular weight excluding hydrogens is 268 g/mol. The lowest BCUT2D eigenvalue weighted by molar-refractivity contribution is -0.140. The van der Waals surface area contributed by atoms with Crippen LogP contribution in [0.5, 0.6) is 0 Å². The highest BCUT2D eigenvalue weighted by Crippen LogP contribution is 2.21. The molecule has 0 radical (unpaired) electrons. The Kier molecular flexibility index (Phi) is 5.06. The second kappa shape index (κ2) is 6.62. The van der Waals surface area contributed by atoms with Crippen molar-refractivity contribution >= 4 is 5.91 Å². The van der Waals surface area contributed by atoms with Gasteiger partial charge in [0.25, 0.3) is 0 Å². The van der Waals surface area contributed by atoms with E-state index in [2.05, 4.69) is 5.32 Å². The van der Waals surface area contributed by atoms with Gasteiger partial charge in [-0.3, -0.25) is 4.79 Å². The topological polar surface area (TPSA) is 65.7 Å². The molecule has 1 saturated heterocycles. The van der Waals surface area contributed by atoms with Crippen LogP contribution < -0.4 is 5.32 Å². The SMILES string of the molecule is CC(C)(C)C(=O)N1CCC(NCc2ccc(CO)o2)CC1. The number of likely N-dealkylation sites (tertiary alicyclic amines) is 1. The van der Waals surface area contributed by atoms with E-state index in [4.69, 9.17) is 9.52 Å². The lowest BCUT2D eigenvalue weighted by atomic mass is 9.93. The molecule has 2 N–H and O–H groups in total. The number of nitrogens with zero attached hydrogens (tertiary/aromatic N) is 1. The van der Waals surface area contributed by atoms with Crippen molar-refractivity contribution < 1.29 is 14.3 Å². The number of carbonyl (C=O) groups is 1. The molecule has 118 valence electrons. The van der Waals surface area contributed by atoms with E-state index in [0.29, 0.717) is 18.3 Å². The Labute approximate surface area is 126 Å². The molecule has 1 aliphatic rings. The van der Waals surface area contributed by atoms with E-state index >= 15 is 0 Å². The molecule has 0 unspecified atom stereocenters. The molecule has 0 spiro atoms. The van der Waals surface area contributed by atoms with E-state index in [1.54, 1.807) is 6.07 Å². The van der Waals surface area contributed by atoms with Gasteiger partial charge in [-0.15, -0.1) is 0 Å². The second-order valence-electron chi connectivity index (χ2n) is 6.72. The normalized spacial score (nSPS) is 17.2. The molecule has 0 atom stereocenters. The van der Waals surface area contributed by atoms with Gasteiger partial charge in [0.1, 0.15) is 18.1 Å². The summed E-state index contributed by atoms with van der Waals surface area (Å²) >= 11 is 0. The number of hydrogen-bond acceptors (Lipinski definition) is 4. The summed E-state index contributed by atoms with van der Waals surface area (Å²) in [5.41, 5.74) is -0.296. The Balaban J connectivity index is 1.75. The summed E-state index contributed by atoms with van der Waals surface area (Å²) in [5, 5.41) is 12.4. The van der Waals surface area contributed by atoms with Crippen LogP contribution >= 0.6 is 0 Å². The van der Waals surface area contributed by atoms with Gasteiger partial charge in [0.15, 0.2) is 0 Å². The Morgan fingerprint density at radius 3 is 2.48 bits per heavy atom. The maximum atomic E-state index is 12.2. The first-order valence-corrected chi connectivity index (χ1v) is 7.61. The van der Waals surface area contributed by atoms with Crippen molar-refractivity contribution in [1.29, 1.82) is 0 Å². The maximum absolute atomic E-state index is 12.2. The summed E-state index contributed by atoms with van der Waals surface area (Å²) in [6.45, 7) is 8.13. The number of nitrogens with one attached hydrogen (secondary N) is 1. The predicted molar refractivity (Wildman–Crippen MR) is 80.5 cm³/mol. The zero-order valence-corrected chi connectivity index (χ0v) is 13.2. The van der Waals surface area contributed by atoms with Crippen molar-refractivity contribution in [3.8, 4) is 0 Å². The van der Waals surface area contributed by atoms with E-state index < -0.39 is 0 Å². The maximum Gasteiger partial charge on any atom is 0.227 e. The van der Waals surface area contributed by atoms with Gasteiger partial charge >= 0.3 is 0 Å². The van der Waals surface area contributed by atoms with Gasteiger partial charge in [-0.2, -0.15) is 0 Å². The second-order valence-corrected chi connectivity index (χ2v) is 6.72. The minimum atomic E-state index is -0.296. The van der Waals surface area contributed by atoms with E-state index in [1.165, 1.54) is 0 Å². The van der Waals surface area contributed by atoms with Gasteiger partial charge in [0, 0.05) is 24.5 Å². The molecular formula is C16H26N2O3. The van der Waals surface area contributed by atoms with Crippen molar-refractivity contribution in [3.63, 3.8) is 0 Å². The lowest BCUT2D eigenvalue weighted by Gasteiger charge is -2.36. The predicted octanol–water partition coefficient (Wildman–Crippen LogP) is 1.90. The monoisotopic (exact) mass is 294 g/mol. The number of carbonyl (C=O) groups excluding carboxylic acids is 1.